The number of carbonyl (C=O) groups is 2. The van der Waals surface area contributed by atoms with Crippen LogP contribution in [0.4, 0.5) is 0 Å². The van der Waals surface area contributed by atoms with E-state index in [1.165, 1.54) is 12.8 Å². The smallest absolute Gasteiger partial charge is 0.343 e. The van der Waals surface area contributed by atoms with Gasteiger partial charge in [0.25, 0.3) is 0 Å². The lowest BCUT2D eigenvalue weighted by Gasteiger charge is -2.04. The van der Waals surface area contributed by atoms with E-state index < -0.39 is 5.97 Å². The summed E-state index contributed by atoms with van der Waals surface area (Å²) in [5.41, 5.74) is 1.32. The number of carbonyl (C=O) groups excluding carboxylic acids is 2. The Bertz CT molecular complexity index is 746. The van der Waals surface area contributed by atoms with Gasteiger partial charge < -0.3 is 4.74 Å². The fraction of sp³-hybridized carbons (Fsp3) is 0.273. The van der Waals surface area contributed by atoms with Gasteiger partial charge in [-0.15, -0.1) is 0 Å². The number of halogens is 1. The molecule has 0 amide bonds. The summed E-state index contributed by atoms with van der Waals surface area (Å²) >= 11 is 5.81. The van der Waals surface area contributed by atoms with Crippen LogP contribution in [-0.2, 0) is 4.79 Å². The van der Waals surface area contributed by atoms with Crippen molar-refractivity contribution in [2.45, 2.75) is 39.0 Å². The maximum atomic E-state index is 12.0. The standard InChI is InChI=1S/C22H23ClO3/c1-2-3-4-5-6-20(24)14-7-17-8-15-21(16-9-17)26-22(25)18-10-12-19(23)13-11-18/h7-16H,2-6H2,1H3/b14-7-. The Balaban J connectivity index is 1.85. The average Bonchev–Trinajstić information content (AvgIpc) is 2.65. The number of rotatable bonds is 9. The molecule has 0 unspecified atom stereocenters. The fourth-order valence-corrected chi connectivity index (χ4v) is 2.52. The summed E-state index contributed by atoms with van der Waals surface area (Å²) in [5, 5.41) is 0.567. The Morgan fingerprint density at radius 1 is 0.962 bits per heavy atom. The highest BCUT2D eigenvalue weighted by atomic mass is 35.5. The zero-order valence-electron chi connectivity index (χ0n) is 14.9. The van der Waals surface area contributed by atoms with Crippen molar-refractivity contribution in [1.82, 2.24) is 0 Å². The SMILES string of the molecule is CCCCCCC(=O)/C=C\c1ccc(OC(=O)c2ccc(Cl)cc2)cc1. The third-order valence-electron chi connectivity index (χ3n) is 3.91. The van der Waals surface area contributed by atoms with Crippen molar-refractivity contribution in [3.8, 4) is 5.75 Å². The van der Waals surface area contributed by atoms with Gasteiger partial charge in [0.05, 0.1) is 5.56 Å². The Labute approximate surface area is 159 Å². The van der Waals surface area contributed by atoms with Crippen LogP contribution in [0.25, 0.3) is 6.08 Å². The second-order valence-electron chi connectivity index (χ2n) is 6.08. The number of allylic oxidation sites excluding steroid dienone is 1. The molecular formula is C22H23ClO3. The second kappa shape index (κ2) is 10.6. The number of unbranched alkanes of at least 4 members (excludes halogenated alkanes) is 3. The van der Waals surface area contributed by atoms with Crippen LogP contribution in [0.15, 0.2) is 54.6 Å². The molecular weight excluding hydrogens is 348 g/mol. The first kappa shape index (κ1) is 19.9. The van der Waals surface area contributed by atoms with Gasteiger partial charge >= 0.3 is 5.97 Å². The predicted octanol–water partition coefficient (Wildman–Crippen LogP) is 6.11. The molecule has 0 N–H and O–H groups in total. The van der Waals surface area contributed by atoms with Gasteiger partial charge in [-0.2, -0.15) is 0 Å². The zero-order valence-corrected chi connectivity index (χ0v) is 15.7. The van der Waals surface area contributed by atoms with Gasteiger partial charge in [-0.25, -0.2) is 4.79 Å². The van der Waals surface area contributed by atoms with Crippen LogP contribution >= 0.6 is 11.6 Å². The highest BCUT2D eigenvalue weighted by Gasteiger charge is 2.08. The first-order valence-corrected chi connectivity index (χ1v) is 9.25. The highest BCUT2D eigenvalue weighted by molar-refractivity contribution is 6.30. The quantitative estimate of drug-likeness (QED) is 0.231. The number of hydrogen-bond acceptors (Lipinski definition) is 3. The lowest BCUT2D eigenvalue weighted by Crippen LogP contribution is -2.08. The molecule has 0 spiro atoms. The van der Waals surface area contributed by atoms with Crippen molar-refractivity contribution in [2.24, 2.45) is 0 Å². The predicted molar refractivity (Wildman–Crippen MR) is 106 cm³/mol. The summed E-state index contributed by atoms with van der Waals surface area (Å²) in [6.07, 6.45) is 8.37. The van der Waals surface area contributed by atoms with E-state index >= 15 is 0 Å². The van der Waals surface area contributed by atoms with Gasteiger partial charge in [0.2, 0.25) is 0 Å². The first-order valence-electron chi connectivity index (χ1n) is 8.87. The summed E-state index contributed by atoms with van der Waals surface area (Å²) in [7, 11) is 0. The minimum Gasteiger partial charge on any atom is -0.423 e. The van der Waals surface area contributed by atoms with Crippen molar-refractivity contribution in [3.05, 3.63) is 70.8 Å². The number of ketones is 1. The Morgan fingerprint density at radius 3 is 2.31 bits per heavy atom. The first-order chi connectivity index (χ1) is 12.6. The summed E-state index contributed by atoms with van der Waals surface area (Å²) in [6.45, 7) is 2.15. The molecule has 0 aliphatic carbocycles. The number of esters is 1. The Kier molecular flexibility index (Phi) is 8.10. The molecule has 0 fully saturated rings. The molecule has 3 nitrogen and oxygen atoms in total. The van der Waals surface area contributed by atoms with Gasteiger partial charge in [0.1, 0.15) is 5.75 Å². The highest BCUT2D eigenvalue weighted by Crippen LogP contribution is 2.16. The maximum absolute atomic E-state index is 12.0. The topological polar surface area (TPSA) is 43.4 Å². The molecule has 0 aliphatic rings. The van der Waals surface area contributed by atoms with Crippen molar-refractivity contribution in [3.63, 3.8) is 0 Å². The van der Waals surface area contributed by atoms with Crippen LogP contribution in [0.2, 0.25) is 5.02 Å². The second-order valence-corrected chi connectivity index (χ2v) is 6.51. The van der Waals surface area contributed by atoms with Crippen LogP contribution < -0.4 is 4.74 Å². The van der Waals surface area contributed by atoms with Crippen molar-refractivity contribution in [2.75, 3.05) is 0 Å². The molecule has 0 aromatic heterocycles. The summed E-state index contributed by atoms with van der Waals surface area (Å²) < 4.78 is 5.32. The van der Waals surface area contributed by atoms with Gasteiger partial charge in [-0.1, -0.05) is 56.0 Å². The largest absolute Gasteiger partial charge is 0.423 e. The van der Waals surface area contributed by atoms with E-state index in [-0.39, 0.29) is 5.78 Å². The molecule has 0 bridgehead atoms. The lowest BCUT2D eigenvalue weighted by atomic mass is 10.1. The van der Waals surface area contributed by atoms with E-state index in [2.05, 4.69) is 6.92 Å². The van der Waals surface area contributed by atoms with E-state index in [9.17, 15) is 9.59 Å². The molecule has 0 heterocycles. The number of ether oxygens (including phenoxy) is 1. The normalized spacial score (nSPS) is 10.8. The number of hydrogen-bond donors (Lipinski definition) is 0. The molecule has 0 radical (unpaired) electrons. The van der Waals surface area contributed by atoms with Gasteiger partial charge in [0.15, 0.2) is 5.78 Å². The molecule has 2 rings (SSSR count). The van der Waals surface area contributed by atoms with Crippen LogP contribution in [-0.4, -0.2) is 11.8 Å². The molecule has 2 aromatic rings. The van der Waals surface area contributed by atoms with Crippen LogP contribution in [0.1, 0.15) is 54.9 Å². The maximum Gasteiger partial charge on any atom is 0.343 e. The van der Waals surface area contributed by atoms with E-state index in [1.54, 1.807) is 48.6 Å². The zero-order chi connectivity index (χ0) is 18.8. The molecule has 4 heteroatoms. The van der Waals surface area contributed by atoms with E-state index in [4.69, 9.17) is 16.3 Å². The van der Waals surface area contributed by atoms with E-state index in [0.29, 0.717) is 22.8 Å². The molecule has 0 atom stereocenters. The van der Waals surface area contributed by atoms with Crippen molar-refractivity contribution < 1.29 is 14.3 Å². The van der Waals surface area contributed by atoms with Gasteiger partial charge in [-0.3, -0.25) is 4.79 Å². The van der Waals surface area contributed by atoms with Crippen LogP contribution in [0, 0.1) is 0 Å². The van der Waals surface area contributed by atoms with E-state index in [1.807, 2.05) is 12.1 Å². The average molecular weight is 371 g/mol. The molecule has 0 saturated heterocycles. The molecule has 0 saturated carbocycles. The summed E-state index contributed by atoms with van der Waals surface area (Å²) in [5.74, 6) is 0.152. The fourth-order valence-electron chi connectivity index (χ4n) is 2.40. The summed E-state index contributed by atoms with van der Waals surface area (Å²) in [6, 6.07) is 13.6. The lowest BCUT2D eigenvalue weighted by molar-refractivity contribution is -0.114. The van der Waals surface area contributed by atoms with Crippen LogP contribution in [0.3, 0.4) is 0 Å². The van der Waals surface area contributed by atoms with Crippen molar-refractivity contribution in [1.29, 1.82) is 0 Å². The van der Waals surface area contributed by atoms with Crippen molar-refractivity contribution >= 4 is 29.4 Å². The van der Waals surface area contributed by atoms with E-state index in [0.717, 1.165) is 18.4 Å². The Morgan fingerprint density at radius 2 is 1.65 bits per heavy atom. The molecule has 136 valence electrons. The monoisotopic (exact) mass is 370 g/mol. The minimum absolute atomic E-state index is 0.138. The summed E-state index contributed by atoms with van der Waals surface area (Å²) in [4.78, 5) is 23.9. The molecule has 2 aromatic carbocycles. The van der Waals surface area contributed by atoms with Gasteiger partial charge in [-0.05, 0) is 54.5 Å². The van der Waals surface area contributed by atoms with Gasteiger partial charge in [0, 0.05) is 11.4 Å². The number of benzene rings is 2. The van der Waals surface area contributed by atoms with Crippen LogP contribution in [0.5, 0.6) is 5.75 Å². The third kappa shape index (κ3) is 6.85. The molecule has 0 aliphatic heterocycles. The minimum atomic E-state index is -0.438. The Hall–Kier alpha value is -2.39. The third-order valence-corrected chi connectivity index (χ3v) is 4.16. The molecule has 26 heavy (non-hydrogen) atoms.